The molecule has 3 aromatic rings. The monoisotopic (exact) mass is 622 g/mol. The van der Waals surface area contributed by atoms with Crippen molar-refractivity contribution in [3.05, 3.63) is 89.5 Å². The van der Waals surface area contributed by atoms with Crippen LogP contribution in [0.2, 0.25) is 0 Å². The van der Waals surface area contributed by atoms with E-state index < -0.39 is 0 Å². The molecule has 0 N–H and O–H groups in total. The molecule has 1 unspecified atom stereocenters. The average Bonchev–Trinajstić information content (AvgIpc) is 3.27. The van der Waals surface area contributed by atoms with E-state index in [-0.39, 0.29) is 50.7 Å². The van der Waals surface area contributed by atoms with Gasteiger partial charge in [0, 0.05) is 0 Å². The quantitative estimate of drug-likeness (QED) is 0.224. The largest absolute Gasteiger partial charge is 4.00 e. The molecule has 0 saturated carbocycles. The molecule has 0 aliphatic heterocycles. The maximum Gasteiger partial charge on any atom is 4.00 e. The van der Waals surface area contributed by atoms with Crippen molar-refractivity contribution in [1.29, 1.82) is 0 Å². The fourth-order valence-corrected chi connectivity index (χ4v) is 4.55. The normalized spacial score (nSPS) is 12.2. The smallest absolute Gasteiger partial charge is 1.00 e. The number of rotatable bonds is 5. The first-order chi connectivity index (χ1) is 13.2. The van der Waals surface area contributed by atoms with Gasteiger partial charge in [-0.25, -0.2) is 11.1 Å². The van der Waals surface area contributed by atoms with E-state index in [0.717, 1.165) is 15.0 Å². The molecule has 0 bridgehead atoms. The van der Waals surface area contributed by atoms with Crippen LogP contribution in [0.5, 0.6) is 0 Å². The number of allylic oxidation sites excluding steroid dienone is 4. The molecule has 156 valence electrons. The van der Waals surface area contributed by atoms with Crippen molar-refractivity contribution in [2.24, 2.45) is 0 Å². The van der Waals surface area contributed by atoms with Crippen molar-refractivity contribution in [2.45, 2.75) is 46.5 Å². The third kappa shape index (κ3) is 8.51. The van der Waals surface area contributed by atoms with Gasteiger partial charge in [-0.05, 0) is 17.8 Å². The van der Waals surface area contributed by atoms with Gasteiger partial charge in [-0.3, -0.25) is 6.08 Å². The molecule has 0 spiro atoms. The molecular weight excluding hydrogens is 593 g/mol. The summed E-state index contributed by atoms with van der Waals surface area (Å²) in [5, 5.41) is 5.58. The van der Waals surface area contributed by atoms with Crippen molar-refractivity contribution in [3.8, 4) is 0 Å². The van der Waals surface area contributed by atoms with Gasteiger partial charge in [-0.1, -0.05) is 65.1 Å². The first-order valence-corrected chi connectivity index (χ1v) is 10.9. The Bertz CT molecular complexity index is 923. The molecule has 0 radical (unpaired) electrons. The maximum absolute atomic E-state index is 3.37. The van der Waals surface area contributed by atoms with Gasteiger partial charge >= 0.3 is 25.8 Å². The SMILES string of the molecule is CCCCC1=[C-]CC=C1C.Cc1ccccc1Pc1cc2ccccc2[cH-]1.[Cl-].[Cl-].[Hf+4]. The molecule has 0 nitrogen and oxygen atoms in total. The number of unbranched alkanes of at least 4 members (excludes halogenated alkanes) is 1. The minimum Gasteiger partial charge on any atom is -1.00 e. The molecule has 1 aliphatic carbocycles. The summed E-state index contributed by atoms with van der Waals surface area (Å²) in [5.41, 5.74) is 4.30. The Morgan fingerprint density at radius 3 is 2.33 bits per heavy atom. The Balaban J connectivity index is 0.000000569. The van der Waals surface area contributed by atoms with E-state index in [9.17, 15) is 0 Å². The number of halogens is 2. The number of hydrogen-bond donors (Lipinski definition) is 0. The molecule has 3 aromatic carbocycles. The second kappa shape index (κ2) is 15.3. The Kier molecular flexibility index (Phi) is 15.0. The predicted octanol–water partition coefficient (Wildman–Crippen LogP) is 0.758. The molecule has 1 aliphatic rings. The number of benzene rings is 2. The summed E-state index contributed by atoms with van der Waals surface area (Å²) in [6.07, 6.45) is 10.5. The van der Waals surface area contributed by atoms with Crippen LogP contribution in [-0.2, 0) is 25.8 Å². The van der Waals surface area contributed by atoms with Crippen LogP contribution >= 0.6 is 8.58 Å². The Labute approximate surface area is 215 Å². The van der Waals surface area contributed by atoms with E-state index in [1.165, 1.54) is 57.4 Å². The summed E-state index contributed by atoms with van der Waals surface area (Å²) < 4.78 is 0. The van der Waals surface area contributed by atoms with E-state index >= 15 is 0 Å². The molecule has 4 heteroatoms. The van der Waals surface area contributed by atoms with E-state index in [1.54, 1.807) is 0 Å². The van der Waals surface area contributed by atoms with E-state index in [2.05, 4.69) is 93.6 Å². The van der Waals surface area contributed by atoms with Crippen molar-refractivity contribution < 1.29 is 50.7 Å². The van der Waals surface area contributed by atoms with Gasteiger partial charge in [0.2, 0.25) is 0 Å². The van der Waals surface area contributed by atoms with Gasteiger partial charge in [-0.2, -0.15) is 12.1 Å². The minimum atomic E-state index is 0. The van der Waals surface area contributed by atoms with Gasteiger partial charge in [0.25, 0.3) is 0 Å². The van der Waals surface area contributed by atoms with Crippen LogP contribution in [0.4, 0.5) is 0 Å². The topological polar surface area (TPSA) is 0 Å². The van der Waals surface area contributed by atoms with Crippen LogP contribution in [0.25, 0.3) is 10.8 Å². The maximum atomic E-state index is 3.37. The number of hydrogen-bond acceptors (Lipinski definition) is 0. The molecular formula is C26H29Cl2HfP. The minimum absolute atomic E-state index is 0. The van der Waals surface area contributed by atoms with Crippen molar-refractivity contribution in [1.82, 2.24) is 0 Å². The summed E-state index contributed by atoms with van der Waals surface area (Å²) in [7, 11) is 0.759. The Morgan fingerprint density at radius 2 is 1.70 bits per heavy atom. The molecule has 30 heavy (non-hydrogen) atoms. The Morgan fingerprint density at radius 1 is 1.00 bits per heavy atom. The summed E-state index contributed by atoms with van der Waals surface area (Å²) >= 11 is 0. The van der Waals surface area contributed by atoms with E-state index in [0.29, 0.717) is 0 Å². The zero-order chi connectivity index (χ0) is 19.1. The number of fused-ring (bicyclic) bond motifs is 1. The fourth-order valence-electron chi connectivity index (χ4n) is 3.32. The second-order valence-corrected chi connectivity index (χ2v) is 8.53. The average molecular weight is 622 g/mol. The van der Waals surface area contributed by atoms with Gasteiger partial charge in [-0.15, -0.1) is 53.7 Å². The molecule has 0 heterocycles. The number of aryl methyl sites for hydroxylation is 1. The molecule has 1 atom stereocenters. The molecule has 0 fully saturated rings. The van der Waals surface area contributed by atoms with Crippen LogP contribution < -0.4 is 35.4 Å². The van der Waals surface area contributed by atoms with Gasteiger partial charge in [0.15, 0.2) is 0 Å². The van der Waals surface area contributed by atoms with Crippen molar-refractivity contribution in [2.75, 3.05) is 0 Å². The molecule has 4 rings (SSSR count). The first-order valence-electron chi connectivity index (χ1n) is 9.92. The second-order valence-electron chi connectivity index (χ2n) is 7.16. The Hall–Kier alpha value is -0.590. The van der Waals surface area contributed by atoms with E-state index in [4.69, 9.17) is 0 Å². The van der Waals surface area contributed by atoms with E-state index in [1.807, 2.05) is 0 Å². The zero-order valence-electron chi connectivity index (χ0n) is 17.9. The van der Waals surface area contributed by atoms with Crippen molar-refractivity contribution >= 4 is 30.0 Å². The predicted molar refractivity (Wildman–Crippen MR) is 123 cm³/mol. The molecule has 0 aromatic heterocycles. The van der Waals surface area contributed by atoms with Gasteiger partial charge < -0.3 is 24.8 Å². The zero-order valence-corrected chi connectivity index (χ0v) is 24.0. The standard InChI is InChI=1S/C16H14P.C10H15.2ClH.Hf/c1-12-6-2-5-9-16(12)17-15-10-13-7-3-4-8-14(13)11-15;1-3-4-7-10-8-5-6-9(10)2;;;/h2-11,17H,1H3;6H,3-5,7H2,1-2H3;2*1H;/q2*-1;;;+4/p-2. The summed E-state index contributed by atoms with van der Waals surface area (Å²) in [6, 6.07) is 21.8. The van der Waals surface area contributed by atoms with Crippen LogP contribution in [-0.4, -0.2) is 0 Å². The van der Waals surface area contributed by atoms with Crippen LogP contribution in [0, 0.1) is 13.0 Å². The summed E-state index contributed by atoms with van der Waals surface area (Å²) in [6.45, 7) is 6.60. The fraction of sp³-hybridized carbons (Fsp3) is 0.269. The first kappa shape index (κ1) is 29.4. The van der Waals surface area contributed by atoms with Crippen molar-refractivity contribution in [3.63, 3.8) is 0 Å². The molecule has 0 saturated heterocycles. The summed E-state index contributed by atoms with van der Waals surface area (Å²) in [4.78, 5) is 0. The third-order valence-electron chi connectivity index (χ3n) is 5.02. The third-order valence-corrected chi connectivity index (χ3v) is 6.43. The van der Waals surface area contributed by atoms with Gasteiger partial charge in [0.1, 0.15) is 0 Å². The van der Waals surface area contributed by atoms with Crippen LogP contribution in [0.1, 0.15) is 45.1 Å². The van der Waals surface area contributed by atoms with Crippen LogP contribution in [0.15, 0.2) is 77.9 Å². The van der Waals surface area contributed by atoms with Gasteiger partial charge in [0.05, 0.1) is 0 Å². The van der Waals surface area contributed by atoms with Crippen LogP contribution in [0.3, 0.4) is 0 Å². The molecule has 0 amide bonds. The summed E-state index contributed by atoms with van der Waals surface area (Å²) in [5.74, 6) is 0.